The third-order valence-corrected chi connectivity index (χ3v) is 6.93. The summed E-state index contributed by atoms with van der Waals surface area (Å²) < 4.78 is 11.6. The highest BCUT2D eigenvalue weighted by molar-refractivity contribution is 7.16. The average Bonchev–Trinajstić information content (AvgIpc) is 3.41. The fourth-order valence-corrected chi connectivity index (χ4v) is 5.07. The molecule has 0 atom stereocenters. The Kier molecular flexibility index (Phi) is 8.06. The first kappa shape index (κ1) is 23.2. The zero-order valence-electron chi connectivity index (χ0n) is 17.5. The Morgan fingerprint density at radius 2 is 1.94 bits per heavy atom. The fourth-order valence-electron chi connectivity index (χ4n) is 3.19. The average molecular weight is 479 g/mol. The highest BCUT2D eigenvalue weighted by Gasteiger charge is 2.21. The van der Waals surface area contributed by atoms with E-state index in [-0.39, 0.29) is 5.91 Å². The molecule has 31 heavy (non-hydrogen) atoms. The molecule has 0 saturated carbocycles. The van der Waals surface area contributed by atoms with Gasteiger partial charge in [0.15, 0.2) is 6.29 Å². The Labute approximate surface area is 194 Å². The molecule has 0 unspecified atom stereocenters. The molecule has 1 aromatic carbocycles. The lowest BCUT2D eigenvalue weighted by atomic mass is 10.1. The van der Waals surface area contributed by atoms with E-state index in [2.05, 4.69) is 4.98 Å². The standard InChI is InChI=1S/C22H23ClN2O4S2/c1-14-18(28-2)9-15(10-19(14)29-3)22(27)25(11-21-24-16(12-26)13-30-21)8-4-5-17-6-7-20(23)31-17/h6-7,9-10,12-13H,4-5,8,11H2,1-3H3. The molecule has 0 aliphatic carbocycles. The lowest BCUT2D eigenvalue weighted by Gasteiger charge is -2.23. The number of hydrogen-bond acceptors (Lipinski definition) is 7. The van der Waals surface area contributed by atoms with Crippen molar-refractivity contribution >= 4 is 46.5 Å². The maximum absolute atomic E-state index is 13.4. The predicted octanol–water partition coefficient (Wildman–Crippen LogP) is 5.27. The van der Waals surface area contributed by atoms with E-state index in [9.17, 15) is 9.59 Å². The number of carbonyl (C=O) groups is 2. The van der Waals surface area contributed by atoms with E-state index >= 15 is 0 Å². The number of rotatable bonds is 10. The number of ether oxygens (including phenoxy) is 2. The first-order chi connectivity index (χ1) is 14.9. The van der Waals surface area contributed by atoms with Gasteiger partial charge in [-0.1, -0.05) is 11.6 Å². The molecule has 0 fully saturated rings. The molecule has 3 aromatic rings. The monoisotopic (exact) mass is 478 g/mol. The summed E-state index contributed by atoms with van der Waals surface area (Å²) in [6.07, 6.45) is 2.30. The van der Waals surface area contributed by atoms with Crippen LogP contribution in [0.1, 0.15) is 42.7 Å². The Hall–Kier alpha value is -2.42. The molecule has 0 saturated heterocycles. The van der Waals surface area contributed by atoms with Gasteiger partial charge in [-0.05, 0) is 44.0 Å². The van der Waals surface area contributed by atoms with E-state index in [0.29, 0.717) is 47.1 Å². The number of nitrogens with zero attached hydrogens (tertiary/aromatic N) is 2. The van der Waals surface area contributed by atoms with Crippen molar-refractivity contribution < 1.29 is 19.1 Å². The van der Waals surface area contributed by atoms with Gasteiger partial charge in [0, 0.05) is 27.9 Å². The zero-order chi connectivity index (χ0) is 22.4. The number of aryl methyl sites for hydroxylation is 1. The molecule has 0 bridgehead atoms. The van der Waals surface area contributed by atoms with Crippen molar-refractivity contribution in [1.82, 2.24) is 9.88 Å². The number of thiazole rings is 1. The van der Waals surface area contributed by atoms with Gasteiger partial charge in [0.1, 0.15) is 22.2 Å². The van der Waals surface area contributed by atoms with Crippen LogP contribution in [-0.4, -0.2) is 42.8 Å². The van der Waals surface area contributed by atoms with Crippen molar-refractivity contribution in [2.75, 3.05) is 20.8 Å². The number of hydrogen-bond donors (Lipinski definition) is 0. The van der Waals surface area contributed by atoms with E-state index in [1.165, 1.54) is 16.2 Å². The smallest absolute Gasteiger partial charge is 0.254 e. The molecule has 164 valence electrons. The minimum absolute atomic E-state index is 0.149. The number of amides is 1. The first-order valence-electron chi connectivity index (χ1n) is 9.60. The Balaban J connectivity index is 1.83. The normalized spacial score (nSPS) is 10.7. The van der Waals surface area contributed by atoms with E-state index in [1.54, 1.807) is 48.0 Å². The predicted molar refractivity (Wildman–Crippen MR) is 124 cm³/mol. The summed E-state index contributed by atoms with van der Waals surface area (Å²) in [6.45, 7) is 2.73. The van der Waals surface area contributed by atoms with Crippen molar-refractivity contribution in [2.24, 2.45) is 0 Å². The van der Waals surface area contributed by atoms with Crippen molar-refractivity contribution in [2.45, 2.75) is 26.3 Å². The van der Waals surface area contributed by atoms with Gasteiger partial charge in [-0.25, -0.2) is 4.98 Å². The molecule has 0 radical (unpaired) electrons. The fraction of sp³-hybridized carbons (Fsp3) is 0.318. The van der Waals surface area contributed by atoms with Crippen molar-refractivity contribution in [3.63, 3.8) is 0 Å². The number of benzene rings is 1. The number of carbonyl (C=O) groups excluding carboxylic acids is 2. The maximum Gasteiger partial charge on any atom is 0.254 e. The summed E-state index contributed by atoms with van der Waals surface area (Å²) in [5, 5.41) is 2.40. The van der Waals surface area contributed by atoms with Gasteiger partial charge in [-0.15, -0.1) is 22.7 Å². The zero-order valence-corrected chi connectivity index (χ0v) is 19.9. The van der Waals surface area contributed by atoms with Crippen LogP contribution in [0.5, 0.6) is 11.5 Å². The summed E-state index contributed by atoms with van der Waals surface area (Å²) in [7, 11) is 3.13. The molecule has 2 heterocycles. The van der Waals surface area contributed by atoms with Crippen LogP contribution in [0.15, 0.2) is 29.6 Å². The molecule has 1 amide bonds. The molecule has 0 aliphatic rings. The molecule has 0 spiro atoms. The van der Waals surface area contributed by atoms with Crippen LogP contribution in [-0.2, 0) is 13.0 Å². The summed E-state index contributed by atoms with van der Waals surface area (Å²) in [5.41, 5.74) is 1.68. The summed E-state index contributed by atoms with van der Waals surface area (Å²) >= 11 is 8.93. The van der Waals surface area contributed by atoms with Gasteiger partial charge in [0.05, 0.1) is 25.1 Å². The topological polar surface area (TPSA) is 68.7 Å². The second-order valence-corrected chi connectivity index (χ2v) is 9.57. The number of halogens is 1. The van der Waals surface area contributed by atoms with Crippen LogP contribution in [0.4, 0.5) is 0 Å². The first-order valence-corrected chi connectivity index (χ1v) is 11.7. The highest BCUT2D eigenvalue weighted by atomic mass is 35.5. The molecule has 3 rings (SSSR count). The Morgan fingerprint density at radius 3 is 2.48 bits per heavy atom. The summed E-state index contributed by atoms with van der Waals surface area (Å²) in [6, 6.07) is 7.34. The Morgan fingerprint density at radius 1 is 1.23 bits per heavy atom. The molecule has 9 heteroatoms. The van der Waals surface area contributed by atoms with Gasteiger partial charge in [-0.2, -0.15) is 0 Å². The second-order valence-electron chi connectivity index (χ2n) is 6.83. The molecule has 2 aromatic heterocycles. The molecule has 0 N–H and O–H groups in total. The van der Waals surface area contributed by atoms with Crippen molar-refractivity contribution in [1.29, 1.82) is 0 Å². The molecular formula is C22H23ClN2O4S2. The lowest BCUT2D eigenvalue weighted by molar-refractivity contribution is 0.0740. The van der Waals surface area contributed by atoms with Gasteiger partial charge in [-0.3, -0.25) is 9.59 Å². The van der Waals surface area contributed by atoms with Crippen molar-refractivity contribution in [3.8, 4) is 11.5 Å². The highest BCUT2D eigenvalue weighted by Crippen LogP contribution is 2.30. The largest absolute Gasteiger partial charge is 0.496 e. The minimum atomic E-state index is -0.149. The third-order valence-electron chi connectivity index (χ3n) is 4.78. The summed E-state index contributed by atoms with van der Waals surface area (Å²) in [4.78, 5) is 31.6. The molecule has 6 nitrogen and oxygen atoms in total. The number of aldehydes is 1. The van der Waals surface area contributed by atoms with Crippen molar-refractivity contribution in [3.05, 3.63) is 60.7 Å². The quantitative estimate of drug-likeness (QED) is 0.371. The van der Waals surface area contributed by atoms with E-state index in [1.807, 2.05) is 19.1 Å². The van der Waals surface area contributed by atoms with Gasteiger partial charge in [0.2, 0.25) is 0 Å². The third kappa shape index (κ3) is 5.84. The number of methoxy groups -OCH3 is 2. The summed E-state index contributed by atoms with van der Waals surface area (Å²) in [5.74, 6) is 1.03. The van der Waals surface area contributed by atoms with Gasteiger partial charge < -0.3 is 14.4 Å². The van der Waals surface area contributed by atoms with Gasteiger partial charge >= 0.3 is 0 Å². The van der Waals surface area contributed by atoms with Crippen LogP contribution in [0.25, 0.3) is 0 Å². The minimum Gasteiger partial charge on any atom is -0.496 e. The van der Waals surface area contributed by atoms with E-state index in [4.69, 9.17) is 21.1 Å². The van der Waals surface area contributed by atoms with E-state index < -0.39 is 0 Å². The maximum atomic E-state index is 13.4. The molecule has 0 aliphatic heterocycles. The van der Waals surface area contributed by atoms with Crippen LogP contribution in [0.2, 0.25) is 4.34 Å². The van der Waals surface area contributed by atoms with Crippen LogP contribution >= 0.6 is 34.3 Å². The van der Waals surface area contributed by atoms with Gasteiger partial charge in [0.25, 0.3) is 5.91 Å². The Bertz CT molecular complexity index is 1040. The molecular weight excluding hydrogens is 456 g/mol. The van der Waals surface area contributed by atoms with Crippen LogP contribution in [0.3, 0.4) is 0 Å². The van der Waals surface area contributed by atoms with Crippen LogP contribution in [0, 0.1) is 6.92 Å². The lowest BCUT2D eigenvalue weighted by Crippen LogP contribution is -2.32. The van der Waals surface area contributed by atoms with E-state index in [0.717, 1.165) is 22.7 Å². The second kappa shape index (κ2) is 10.7. The SMILES string of the molecule is COc1cc(C(=O)N(CCCc2ccc(Cl)s2)Cc2nc(C=O)cs2)cc(OC)c1C. The van der Waals surface area contributed by atoms with Crippen LogP contribution < -0.4 is 9.47 Å². The number of thiophene rings is 1. The number of aromatic nitrogens is 1.